The molecular weight excluding hydrogens is 232 g/mol. The number of rotatable bonds is 1. The molecule has 4 nitrogen and oxygen atoms in total. The van der Waals surface area contributed by atoms with E-state index in [9.17, 15) is 0 Å². The summed E-state index contributed by atoms with van der Waals surface area (Å²) >= 11 is 0. The summed E-state index contributed by atoms with van der Waals surface area (Å²) in [6.45, 7) is 6.47. The van der Waals surface area contributed by atoms with E-state index in [4.69, 9.17) is 18.9 Å². The summed E-state index contributed by atoms with van der Waals surface area (Å²) in [4.78, 5) is 0. The molecule has 1 saturated heterocycles. The van der Waals surface area contributed by atoms with Gasteiger partial charge in [0.25, 0.3) is 0 Å². The first-order chi connectivity index (χ1) is 8.65. The normalized spacial score (nSPS) is 34.6. The van der Waals surface area contributed by atoms with E-state index in [1.807, 2.05) is 25.1 Å². The highest BCUT2D eigenvalue weighted by Crippen LogP contribution is 2.40. The van der Waals surface area contributed by atoms with Crippen LogP contribution in [0.3, 0.4) is 0 Å². The third kappa shape index (κ3) is 1.95. The molecule has 2 aliphatic heterocycles. The van der Waals surface area contributed by atoms with Crippen molar-refractivity contribution in [1.29, 1.82) is 0 Å². The molecule has 0 bridgehead atoms. The molecule has 1 aromatic carbocycles. The van der Waals surface area contributed by atoms with Gasteiger partial charge in [-0.2, -0.15) is 0 Å². The third-order valence-electron chi connectivity index (χ3n) is 3.69. The quantitative estimate of drug-likeness (QED) is 0.768. The smallest absolute Gasteiger partial charge is 0.231 e. The van der Waals surface area contributed by atoms with E-state index < -0.39 is 0 Å². The largest absolute Gasteiger partial charge is 0.454 e. The number of ether oxygens (including phenoxy) is 4. The van der Waals surface area contributed by atoms with Crippen molar-refractivity contribution in [3.8, 4) is 11.5 Å². The lowest BCUT2D eigenvalue weighted by molar-refractivity contribution is -0.256. The molecular formula is C14H18O4. The van der Waals surface area contributed by atoms with Gasteiger partial charge in [0.1, 0.15) is 0 Å². The van der Waals surface area contributed by atoms with E-state index in [2.05, 4.69) is 13.8 Å². The van der Waals surface area contributed by atoms with Gasteiger partial charge in [-0.3, -0.25) is 0 Å². The highest BCUT2D eigenvalue weighted by molar-refractivity contribution is 5.45. The fourth-order valence-corrected chi connectivity index (χ4v) is 2.51. The SMILES string of the molecule is C[C@@H]1O[C@@H](C)[C@@H](C)[C@H](c2ccc3c(c2)OCO3)O1. The van der Waals surface area contributed by atoms with Crippen molar-refractivity contribution < 1.29 is 18.9 Å². The van der Waals surface area contributed by atoms with Gasteiger partial charge in [-0.1, -0.05) is 13.0 Å². The Morgan fingerprint density at radius 3 is 2.61 bits per heavy atom. The lowest BCUT2D eigenvalue weighted by Gasteiger charge is -2.38. The summed E-state index contributed by atoms with van der Waals surface area (Å²) < 4.78 is 22.3. The van der Waals surface area contributed by atoms with E-state index >= 15 is 0 Å². The predicted molar refractivity (Wildman–Crippen MR) is 65.6 cm³/mol. The lowest BCUT2D eigenvalue weighted by atomic mass is 9.92. The van der Waals surface area contributed by atoms with Crippen molar-refractivity contribution in [2.24, 2.45) is 5.92 Å². The summed E-state index contributed by atoms with van der Waals surface area (Å²) in [6.07, 6.45) is 0.0500. The monoisotopic (exact) mass is 250 g/mol. The Kier molecular flexibility index (Phi) is 2.92. The molecule has 2 aliphatic rings. The van der Waals surface area contributed by atoms with Gasteiger partial charge in [-0.15, -0.1) is 0 Å². The first kappa shape index (κ1) is 11.8. The van der Waals surface area contributed by atoms with Crippen LogP contribution < -0.4 is 9.47 Å². The van der Waals surface area contributed by atoms with E-state index in [0.717, 1.165) is 17.1 Å². The topological polar surface area (TPSA) is 36.9 Å². The van der Waals surface area contributed by atoms with Crippen LogP contribution in [-0.2, 0) is 9.47 Å². The maximum Gasteiger partial charge on any atom is 0.231 e. The van der Waals surface area contributed by atoms with Gasteiger partial charge in [-0.05, 0) is 31.5 Å². The fraction of sp³-hybridized carbons (Fsp3) is 0.571. The molecule has 98 valence electrons. The fourth-order valence-electron chi connectivity index (χ4n) is 2.51. The van der Waals surface area contributed by atoms with Gasteiger partial charge in [0, 0.05) is 5.92 Å². The van der Waals surface area contributed by atoms with Crippen molar-refractivity contribution in [1.82, 2.24) is 0 Å². The van der Waals surface area contributed by atoms with Gasteiger partial charge in [0.15, 0.2) is 17.8 Å². The minimum Gasteiger partial charge on any atom is -0.454 e. The first-order valence-electron chi connectivity index (χ1n) is 6.35. The van der Waals surface area contributed by atoms with E-state index in [1.54, 1.807) is 0 Å². The van der Waals surface area contributed by atoms with Crippen molar-refractivity contribution in [2.75, 3.05) is 6.79 Å². The van der Waals surface area contributed by atoms with Crippen molar-refractivity contribution in [3.05, 3.63) is 23.8 Å². The second kappa shape index (κ2) is 4.44. The Balaban J connectivity index is 1.89. The number of benzene rings is 1. The molecule has 0 saturated carbocycles. The molecule has 1 aromatic rings. The maximum atomic E-state index is 5.90. The number of hydrogen-bond acceptors (Lipinski definition) is 4. The molecule has 18 heavy (non-hydrogen) atoms. The summed E-state index contributed by atoms with van der Waals surface area (Å²) in [6, 6.07) is 5.99. The van der Waals surface area contributed by atoms with Crippen LogP contribution in [0.5, 0.6) is 11.5 Å². The van der Waals surface area contributed by atoms with E-state index in [0.29, 0.717) is 12.7 Å². The molecule has 0 N–H and O–H groups in total. The molecule has 0 aliphatic carbocycles. The zero-order chi connectivity index (χ0) is 12.7. The molecule has 0 radical (unpaired) electrons. The van der Waals surface area contributed by atoms with Crippen LogP contribution in [0.4, 0.5) is 0 Å². The van der Waals surface area contributed by atoms with Crippen LogP contribution in [0.2, 0.25) is 0 Å². The second-order valence-electron chi connectivity index (χ2n) is 4.94. The van der Waals surface area contributed by atoms with Gasteiger partial charge in [0.05, 0.1) is 12.2 Å². The van der Waals surface area contributed by atoms with Crippen LogP contribution in [0.25, 0.3) is 0 Å². The van der Waals surface area contributed by atoms with E-state index in [1.165, 1.54) is 0 Å². The first-order valence-corrected chi connectivity index (χ1v) is 6.35. The van der Waals surface area contributed by atoms with Gasteiger partial charge in [-0.25, -0.2) is 0 Å². The average Bonchev–Trinajstić information content (AvgIpc) is 2.80. The van der Waals surface area contributed by atoms with Gasteiger partial charge >= 0.3 is 0 Å². The molecule has 2 heterocycles. The highest BCUT2D eigenvalue weighted by Gasteiger charge is 2.34. The molecule has 1 fully saturated rings. The van der Waals surface area contributed by atoms with Crippen molar-refractivity contribution in [2.45, 2.75) is 39.3 Å². The zero-order valence-corrected chi connectivity index (χ0v) is 10.9. The summed E-state index contributed by atoms with van der Waals surface area (Å²) in [5.74, 6) is 1.91. The maximum absolute atomic E-state index is 5.90. The van der Waals surface area contributed by atoms with Crippen LogP contribution >= 0.6 is 0 Å². The van der Waals surface area contributed by atoms with Crippen molar-refractivity contribution in [3.63, 3.8) is 0 Å². The number of hydrogen-bond donors (Lipinski definition) is 0. The lowest BCUT2D eigenvalue weighted by Crippen LogP contribution is -2.37. The van der Waals surface area contributed by atoms with Crippen LogP contribution in [-0.4, -0.2) is 19.2 Å². The second-order valence-corrected chi connectivity index (χ2v) is 4.94. The van der Waals surface area contributed by atoms with Gasteiger partial charge in [0.2, 0.25) is 6.79 Å². The third-order valence-corrected chi connectivity index (χ3v) is 3.69. The zero-order valence-electron chi connectivity index (χ0n) is 10.9. The summed E-state index contributed by atoms with van der Waals surface area (Å²) in [5.41, 5.74) is 1.12. The average molecular weight is 250 g/mol. The highest BCUT2D eigenvalue weighted by atomic mass is 16.7. The predicted octanol–water partition coefficient (Wildman–Crippen LogP) is 2.87. The van der Waals surface area contributed by atoms with Crippen molar-refractivity contribution >= 4 is 0 Å². The summed E-state index contributed by atoms with van der Waals surface area (Å²) in [7, 11) is 0. The van der Waals surface area contributed by atoms with E-state index in [-0.39, 0.29) is 18.5 Å². The van der Waals surface area contributed by atoms with Crippen LogP contribution in [0.1, 0.15) is 32.4 Å². The Bertz CT molecular complexity index is 445. The Hall–Kier alpha value is -1.26. The Morgan fingerprint density at radius 2 is 1.78 bits per heavy atom. The van der Waals surface area contributed by atoms with Gasteiger partial charge < -0.3 is 18.9 Å². The molecule has 0 spiro atoms. The molecule has 3 rings (SSSR count). The Morgan fingerprint density at radius 1 is 1.00 bits per heavy atom. The number of fused-ring (bicyclic) bond motifs is 1. The standard InChI is InChI=1S/C14H18O4/c1-8-9(2)17-10(3)18-14(8)11-4-5-12-13(6-11)16-7-15-12/h4-6,8-10,14H,7H2,1-3H3/t8-,9+,10-,14-/m1/s1. The molecule has 0 aromatic heterocycles. The molecule has 4 atom stereocenters. The van der Waals surface area contributed by atoms with Crippen LogP contribution in [0, 0.1) is 5.92 Å². The molecule has 0 unspecified atom stereocenters. The molecule has 4 heteroatoms. The minimum absolute atomic E-state index is 0.0400. The minimum atomic E-state index is -0.174. The van der Waals surface area contributed by atoms with Crippen LogP contribution in [0.15, 0.2) is 18.2 Å². The summed E-state index contributed by atoms with van der Waals surface area (Å²) in [5, 5.41) is 0. The molecule has 0 amide bonds. The Labute approximate surface area is 107 Å².